The van der Waals surface area contributed by atoms with Crippen LogP contribution in [0.15, 0.2) is 29.2 Å². The first-order valence-corrected chi connectivity index (χ1v) is 13.1. The Labute approximate surface area is 185 Å². The van der Waals surface area contributed by atoms with Crippen LogP contribution in [-0.2, 0) is 10.1 Å². The van der Waals surface area contributed by atoms with Gasteiger partial charge in [-0.1, -0.05) is 57.7 Å². The molecule has 170 valence electrons. The summed E-state index contributed by atoms with van der Waals surface area (Å²) in [6, 6.07) is 5.78. The van der Waals surface area contributed by atoms with Crippen LogP contribution in [0.2, 0.25) is 0 Å². The van der Waals surface area contributed by atoms with Gasteiger partial charge < -0.3 is 9.04 Å². The van der Waals surface area contributed by atoms with Crippen LogP contribution >= 0.6 is 11.6 Å². The standard InChI is InChI=1S/C16H35ClN.C7H8O3S/c1-4-7-10-15-18(13-8-5-2,14-9-6-3)16-11-12-17;1-6-2-4-7(5-3-6)11(8,9)10/h4-16H2,1-3H3;2-5H,1H3,(H,8,9,10)/q+1;/p-1. The van der Waals surface area contributed by atoms with Gasteiger partial charge in [0.15, 0.2) is 0 Å². The summed E-state index contributed by atoms with van der Waals surface area (Å²) in [6.07, 6.45) is 10.7. The fraction of sp³-hybridized carbons (Fsp3) is 0.739. The van der Waals surface area contributed by atoms with Gasteiger partial charge in [-0.15, -0.1) is 11.6 Å². The first-order valence-electron chi connectivity index (χ1n) is 11.2. The molecule has 0 spiro atoms. The second-order valence-electron chi connectivity index (χ2n) is 7.96. The highest BCUT2D eigenvalue weighted by molar-refractivity contribution is 7.85. The molecule has 0 bridgehead atoms. The van der Waals surface area contributed by atoms with Crippen molar-refractivity contribution in [2.75, 3.05) is 32.1 Å². The molecule has 0 saturated heterocycles. The summed E-state index contributed by atoms with van der Waals surface area (Å²) in [6.45, 7) is 14.2. The highest BCUT2D eigenvalue weighted by atomic mass is 35.5. The van der Waals surface area contributed by atoms with Crippen molar-refractivity contribution in [3.05, 3.63) is 29.8 Å². The van der Waals surface area contributed by atoms with E-state index >= 15 is 0 Å². The number of halogens is 1. The molecule has 0 heterocycles. The summed E-state index contributed by atoms with van der Waals surface area (Å²) >= 11 is 5.93. The predicted molar refractivity (Wildman–Crippen MR) is 124 cm³/mol. The van der Waals surface area contributed by atoms with Crippen LogP contribution in [0.25, 0.3) is 0 Å². The van der Waals surface area contributed by atoms with Gasteiger partial charge in [0.25, 0.3) is 0 Å². The van der Waals surface area contributed by atoms with E-state index in [4.69, 9.17) is 11.6 Å². The van der Waals surface area contributed by atoms with Crippen molar-refractivity contribution in [2.24, 2.45) is 0 Å². The molecule has 0 aliphatic heterocycles. The lowest BCUT2D eigenvalue weighted by Crippen LogP contribution is -2.50. The monoisotopic (exact) mass is 447 g/mol. The number of hydrogen-bond acceptors (Lipinski definition) is 3. The Balaban J connectivity index is 0.000000604. The SMILES string of the molecule is CCCCC[N+](CCCC)(CCCC)CCCCl.Cc1ccc(S(=O)(=O)[O-])cc1. The largest absolute Gasteiger partial charge is 0.744 e. The minimum Gasteiger partial charge on any atom is -0.744 e. The molecule has 1 rings (SSSR count). The van der Waals surface area contributed by atoms with Crippen LogP contribution in [-0.4, -0.2) is 49.5 Å². The summed E-state index contributed by atoms with van der Waals surface area (Å²) in [7, 11) is -4.27. The van der Waals surface area contributed by atoms with Gasteiger partial charge in [0.05, 0.1) is 31.1 Å². The smallest absolute Gasteiger partial charge is 0.124 e. The zero-order chi connectivity index (χ0) is 22.2. The number of aryl methyl sites for hydroxylation is 1. The topological polar surface area (TPSA) is 57.2 Å². The second-order valence-corrected chi connectivity index (χ2v) is 9.72. The van der Waals surface area contributed by atoms with Crippen molar-refractivity contribution >= 4 is 21.7 Å². The van der Waals surface area contributed by atoms with Crippen LogP contribution < -0.4 is 0 Å². The average Bonchev–Trinajstić information content (AvgIpc) is 2.69. The van der Waals surface area contributed by atoms with Crippen molar-refractivity contribution < 1.29 is 17.5 Å². The molecular formula is C23H42ClNO3S. The molecule has 0 radical (unpaired) electrons. The van der Waals surface area contributed by atoms with E-state index in [0.29, 0.717) is 0 Å². The molecule has 29 heavy (non-hydrogen) atoms. The molecule has 1 aromatic rings. The fourth-order valence-corrected chi connectivity index (χ4v) is 4.04. The molecule has 0 aliphatic carbocycles. The number of rotatable bonds is 14. The Morgan fingerprint density at radius 3 is 1.66 bits per heavy atom. The number of alkyl halides is 1. The Hall–Kier alpha value is -0.620. The number of benzene rings is 1. The van der Waals surface area contributed by atoms with Crippen LogP contribution in [0.5, 0.6) is 0 Å². The van der Waals surface area contributed by atoms with Gasteiger partial charge in [-0.25, -0.2) is 8.42 Å². The molecule has 0 fully saturated rings. The zero-order valence-electron chi connectivity index (χ0n) is 19.0. The number of quaternary nitrogens is 1. The van der Waals surface area contributed by atoms with E-state index in [2.05, 4.69) is 20.8 Å². The quantitative estimate of drug-likeness (QED) is 0.149. The van der Waals surface area contributed by atoms with Crippen molar-refractivity contribution in [1.82, 2.24) is 0 Å². The summed E-state index contributed by atoms with van der Waals surface area (Å²) in [5, 5.41) is 0. The van der Waals surface area contributed by atoms with Crippen molar-refractivity contribution in [3.63, 3.8) is 0 Å². The normalized spacial score (nSPS) is 11.8. The molecule has 0 amide bonds. The Morgan fingerprint density at radius 2 is 1.24 bits per heavy atom. The first-order chi connectivity index (χ1) is 13.7. The van der Waals surface area contributed by atoms with Gasteiger partial charge in [0, 0.05) is 12.3 Å². The van der Waals surface area contributed by atoms with Gasteiger partial charge in [-0.3, -0.25) is 0 Å². The highest BCUT2D eigenvalue weighted by Crippen LogP contribution is 2.16. The summed E-state index contributed by atoms with van der Waals surface area (Å²) < 4.78 is 32.5. The van der Waals surface area contributed by atoms with Gasteiger partial charge in [0.2, 0.25) is 0 Å². The number of hydrogen-bond donors (Lipinski definition) is 0. The van der Waals surface area contributed by atoms with E-state index in [1.54, 1.807) is 12.1 Å². The molecule has 4 nitrogen and oxygen atoms in total. The van der Waals surface area contributed by atoms with Crippen molar-refractivity contribution in [1.29, 1.82) is 0 Å². The lowest BCUT2D eigenvalue weighted by atomic mass is 10.1. The number of unbranched alkanes of at least 4 members (excludes halogenated alkanes) is 4. The molecule has 6 heteroatoms. The Kier molecular flexibility index (Phi) is 15.8. The highest BCUT2D eigenvalue weighted by Gasteiger charge is 2.24. The lowest BCUT2D eigenvalue weighted by molar-refractivity contribution is -0.928. The maximum atomic E-state index is 10.4. The number of nitrogens with zero attached hydrogens (tertiary/aromatic N) is 1. The molecule has 0 aliphatic rings. The summed E-state index contributed by atoms with van der Waals surface area (Å²) in [5.41, 5.74) is 0.928. The fourth-order valence-electron chi connectivity index (χ4n) is 3.46. The molecule has 0 aromatic heterocycles. The molecule has 0 N–H and O–H groups in total. The predicted octanol–water partition coefficient (Wildman–Crippen LogP) is 6.12. The zero-order valence-corrected chi connectivity index (χ0v) is 20.5. The third-order valence-corrected chi connectivity index (χ3v) is 6.40. The molecule has 0 atom stereocenters. The van der Waals surface area contributed by atoms with Crippen LogP contribution in [0, 0.1) is 6.92 Å². The van der Waals surface area contributed by atoms with Crippen molar-refractivity contribution in [3.8, 4) is 0 Å². The van der Waals surface area contributed by atoms with E-state index in [0.717, 1.165) is 11.4 Å². The van der Waals surface area contributed by atoms with Crippen LogP contribution in [0.1, 0.15) is 77.7 Å². The summed E-state index contributed by atoms with van der Waals surface area (Å²) in [4.78, 5) is -0.178. The van der Waals surface area contributed by atoms with Gasteiger partial charge >= 0.3 is 0 Å². The Morgan fingerprint density at radius 1 is 0.793 bits per heavy atom. The molecule has 0 unspecified atom stereocenters. The van der Waals surface area contributed by atoms with E-state index in [1.165, 1.54) is 94.2 Å². The first kappa shape index (κ1) is 28.4. The average molecular weight is 448 g/mol. The van der Waals surface area contributed by atoms with E-state index in [9.17, 15) is 13.0 Å². The van der Waals surface area contributed by atoms with Gasteiger partial charge in [-0.05, 0) is 44.7 Å². The van der Waals surface area contributed by atoms with Gasteiger partial charge in [0.1, 0.15) is 10.1 Å². The van der Waals surface area contributed by atoms with Crippen LogP contribution in [0.4, 0.5) is 0 Å². The minimum absolute atomic E-state index is 0.178. The third-order valence-electron chi connectivity index (χ3n) is 5.28. The van der Waals surface area contributed by atoms with Gasteiger partial charge in [-0.2, -0.15) is 0 Å². The van der Waals surface area contributed by atoms with E-state index in [-0.39, 0.29) is 4.90 Å². The van der Waals surface area contributed by atoms with Crippen molar-refractivity contribution in [2.45, 2.75) is 84.0 Å². The van der Waals surface area contributed by atoms with Crippen LogP contribution in [0.3, 0.4) is 0 Å². The third kappa shape index (κ3) is 13.3. The minimum atomic E-state index is -4.27. The molecular weight excluding hydrogens is 406 g/mol. The Bertz CT molecular complexity index is 596. The second kappa shape index (κ2) is 16.1. The summed E-state index contributed by atoms with van der Waals surface area (Å²) in [5.74, 6) is 0.825. The van der Waals surface area contributed by atoms with E-state index < -0.39 is 10.1 Å². The molecule has 0 saturated carbocycles. The lowest BCUT2D eigenvalue weighted by Gasteiger charge is -2.39. The maximum absolute atomic E-state index is 10.4. The van der Waals surface area contributed by atoms with E-state index in [1.807, 2.05) is 6.92 Å². The maximum Gasteiger partial charge on any atom is 0.124 e. The molecule has 1 aromatic carbocycles.